The van der Waals surface area contributed by atoms with Crippen LogP contribution in [0.1, 0.15) is 32.1 Å². The first-order valence-electron chi connectivity index (χ1n) is 6.99. The summed E-state index contributed by atoms with van der Waals surface area (Å²) in [5, 5.41) is 0. The van der Waals surface area contributed by atoms with E-state index in [2.05, 4.69) is 0 Å². The maximum absolute atomic E-state index is 12.6. The molecule has 0 heterocycles. The summed E-state index contributed by atoms with van der Waals surface area (Å²) >= 11 is 0. The van der Waals surface area contributed by atoms with Crippen molar-refractivity contribution in [2.45, 2.75) is 50.4 Å². The maximum atomic E-state index is 12.6. The number of rotatable bonds is 3. The Morgan fingerprint density at radius 3 is 2.26 bits per heavy atom. The van der Waals surface area contributed by atoms with E-state index in [1.165, 1.54) is 0 Å². The lowest BCUT2D eigenvalue weighted by Gasteiger charge is -2.33. The lowest BCUT2D eigenvalue weighted by atomic mass is 9.84. The zero-order valence-corrected chi connectivity index (χ0v) is 10.7. The predicted octanol–water partition coefficient (Wildman–Crippen LogP) is 1.91. The van der Waals surface area contributed by atoms with E-state index in [-0.39, 0.29) is 29.8 Å². The fourth-order valence-corrected chi connectivity index (χ4v) is 3.86. The molecule has 19 heavy (non-hydrogen) atoms. The average molecular weight is 276 g/mol. The highest BCUT2D eigenvalue weighted by Crippen LogP contribution is 2.49. The van der Waals surface area contributed by atoms with Crippen molar-refractivity contribution in [2.24, 2.45) is 23.5 Å². The second-order valence-corrected chi connectivity index (χ2v) is 6.25. The molecule has 0 radical (unpaired) electrons. The molecule has 0 aromatic carbocycles. The second kappa shape index (κ2) is 4.36. The minimum absolute atomic E-state index is 0.208. The normalized spacial score (nSPS) is 37.7. The Morgan fingerprint density at radius 1 is 1.16 bits per heavy atom. The van der Waals surface area contributed by atoms with Crippen LogP contribution in [-0.2, 0) is 4.79 Å². The Morgan fingerprint density at radius 2 is 1.79 bits per heavy atom. The first-order valence-corrected chi connectivity index (χ1v) is 6.99. The van der Waals surface area contributed by atoms with Gasteiger partial charge in [0.15, 0.2) is 0 Å². The van der Waals surface area contributed by atoms with Crippen LogP contribution in [-0.4, -0.2) is 35.6 Å². The Hall–Kier alpha value is -0.780. The third kappa shape index (κ3) is 2.47. The molecular formula is C13H19F3N2O. The van der Waals surface area contributed by atoms with E-state index in [1.54, 1.807) is 0 Å². The van der Waals surface area contributed by atoms with Crippen LogP contribution in [0.15, 0.2) is 0 Å². The number of carbonyl (C=O) groups is 1. The quantitative estimate of drug-likeness (QED) is 0.856. The summed E-state index contributed by atoms with van der Waals surface area (Å²) in [4.78, 5) is 13.5. The summed E-state index contributed by atoms with van der Waals surface area (Å²) in [5.41, 5.74) is 6.06. The minimum atomic E-state index is -4.32. The number of hydrogen-bond acceptors (Lipinski definition) is 2. The SMILES string of the molecule is NC1C2CCC(C2)C1C(=O)N(CC(F)(F)F)C1CC1. The van der Waals surface area contributed by atoms with Crippen molar-refractivity contribution < 1.29 is 18.0 Å². The fourth-order valence-electron chi connectivity index (χ4n) is 3.86. The van der Waals surface area contributed by atoms with Crippen LogP contribution >= 0.6 is 0 Å². The van der Waals surface area contributed by atoms with Gasteiger partial charge in [-0.2, -0.15) is 13.2 Å². The standard InChI is InChI=1S/C13H19F3N2O/c14-13(15,16)6-18(9-3-4-9)12(19)10-7-1-2-8(5-7)11(10)17/h7-11H,1-6,17H2. The molecule has 3 aliphatic rings. The van der Waals surface area contributed by atoms with Gasteiger partial charge in [0.2, 0.25) is 5.91 Å². The van der Waals surface area contributed by atoms with Gasteiger partial charge >= 0.3 is 6.18 Å². The lowest BCUT2D eigenvalue weighted by Crippen LogP contribution is -2.50. The topological polar surface area (TPSA) is 46.3 Å². The molecule has 2 bridgehead atoms. The maximum Gasteiger partial charge on any atom is 0.406 e. The predicted molar refractivity (Wildman–Crippen MR) is 63.1 cm³/mol. The summed E-state index contributed by atoms with van der Waals surface area (Å²) in [6.45, 7) is -1.11. The molecule has 2 N–H and O–H groups in total. The lowest BCUT2D eigenvalue weighted by molar-refractivity contribution is -0.166. The number of halogens is 3. The molecule has 108 valence electrons. The van der Waals surface area contributed by atoms with E-state index in [4.69, 9.17) is 5.73 Å². The largest absolute Gasteiger partial charge is 0.406 e. The van der Waals surface area contributed by atoms with Gasteiger partial charge in [-0.15, -0.1) is 0 Å². The molecule has 0 aromatic heterocycles. The molecule has 4 unspecified atom stereocenters. The summed E-state index contributed by atoms with van der Waals surface area (Å²) in [6.07, 6.45) is -0.0462. The summed E-state index contributed by atoms with van der Waals surface area (Å²) in [6, 6.07) is -0.443. The Bertz CT molecular complexity index is 379. The monoisotopic (exact) mass is 276 g/mol. The molecule has 3 saturated carbocycles. The molecular weight excluding hydrogens is 257 g/mol. The van der Waals surface area contributed by atoms with Crippen molar-refractivity contribution in [2.75, 3.05) is 6.54 Å². The van der Waals surface area contributed by atoms with Crippen molar-refractivity contribution >= 4 is 5.91 Å². The zero-order chi connectivity index (χ0) is 13.8. The molecule has 3 fully saturated rings. The highest BCUT2D eigenvalue weighted by atomic mass is 19.4. The highest BCUT2D eigenvalue weighted by molar-refractivity contribution is 5.81. The van der Waals surface area contributed by atoms with E-state index in [0.29, 0.717) is 18.8 Å². The van der Waals surface area contributed by atoms with E-state index in [1.807, 2.05) is 0 Å². The van der Waals surface area contributed by atoms with Gasteiger partial charge in [0.1, 0.15) is 6.54 Å². The van der Waals surface area contributed by atoms with Crippen molar-refractivity contribution in [3.8, 4) is 0 Å². The smallest absolute Gasteiger partial charge is 0.330 e. The van der Waals surface area contributed by atoms with E-state index in [9.17, 15) is 18.0 Å². The van der Waals surface area contributed by atoms with Gasteiger partial charge in [-0.25, -0.2) is 0 Å². The van der Waals surface area contributed by atoms with Crippen molar-refractivity contribution in [1.82, 2.24) is 4.90 Å². The number of hydrogen-bond donors (Lipinski definition) is 1. The van der Waals surface area contributed by atoms with E-state index >= 15 is 0 Å². The molecule has 3 nitrogen and oxygen atoms in total. The molecule has 0 aromatic rings. The third-order valence-electron chi connectivity index (χ3n) is 4.89. The molecule has 0 spiro atoms. The van der Waals surface area contributed by atoms with Crippen molar-refractivity contribution in [1.29, 1.82) is 0 Å². The van der Waals surface area contributed by atoms with Crippen molar-refractivity contribution in [3.05, 3.63) is 0 Å². The van der Waals surface area contributed by atoms with Crippen LogP contribution in [0.5, 0.6) is 0 Å². The van der Waals surface area contributed by atoms with Crippen LogP contribution in [0.25, 0.3) is 0 Å². The molecule has 3 rings (SSSR count). The number of nitrogens with zero attached hydrogens (tertiary/aromatic N) is 1. The van der Waals surface area contributed by atoms with Crippen LogP contribution < -0.4 is 5.73 Å². The number of alkyl halides is 3. The fraction of sp³-hybridized carbons (Fsp3) is 0.923. The highest BCUT2D eigenvalue weighted by Gasteiger charge is 2.52. The molecule has 1 amide bonds. The van der Waals surface area contributed by atoms with E-state index < -0.39 is 12.7 Å². The first-order chi connectivity index (χ1) is 8.87. The van der Waals surface area contributed by atoms with Gasteiger partial charge in [-0.1, -0.05) is 0 Å². The van der Waals surface area contributed by atoms with Gasteiger partial charge in [0.05, 0.1) is 5.92 Å². The summed E-state index contributed by atoms with van der Waals surface area (Å²) < 4.78 is 37.8. The van der Waals surface area contributed by atoms with E-state index in [0.717, 1.165) is 24.2 Å². The van der Waals surface area contributed by atoms with Crippen LogP contribution in [0.4, 0.5) is 13.2 Å². The Balaban J connectivity index is 1.74. The minimum Gasteiger partial charge on any atom is -0.330 e. The van der Waals surface area contributed by atoms with Gasteiger partial charge in [-0.3, -0.25) is 4.79 Å². The molecule has 6 heteroatoms. The second-order valence-electron chi connectivity index (χ2n) is 6.25. The van der Waals surface area contributed by atoms with Gasteiger partial charge < -0.3 is 10.6 Å². The number of fused-ring (bicyclic) bond motifs is 2. The van der Waals surface area contributed by atoms with Gasteiger partial charge in [0.25, 0.3) is 0 Å². The first kappa shape index (κ1) is 13.2. The number of nitrogens with two attached hydrogens (primary N) is 1. The summed E-state index contributed by atoms with van der Waals surface area (Å²) in [5.74, 6) is -0.172. The summed E-state index contributed by atoms with van der Waals surface area (Å²) in [7, 11) is 0. The Kier molecular flexibility index (Phi) is 3.04. The Labute approximate surface area is 110 Å². The van der Waals surface area contributed by atoms with Crippen LogP contribution in [0, 0.1) is 17.8 Å². The zero-order valence-electron chi connectivity index (χ0n) is 10.7. The van der Waals surface area contributed by atoms with Crippen LogP contribution in [0.2, 0.25) is 0 Å². The molecule has 3 aliphatic carbocycles. The third-order valence-corrected chi connectivity index (χ3v) is 4.89. The van der Waals surface area contributed by atoms with Gasteiger partial charge in [0, 0.05) is 12.1 Å². The average Bonchev–Trinajstić information content (AvgIpc) is 2.96. The molecule has 4 atom stereocenters. The van der Waals surface area contributed by atoms with Gasteiger partial charge in [-0.05, 0) is 43.9 Å². The van der Waals surface area contributed by atoms with Crippen molar-refractivity contribution in [3.63, 3.8) is 0 Å². The molecule has 0 aliphatic heterocycles. The number of carbonyl (C=O) groups excluding carboxylic acids is 1. The van der Waals surface area contributed by atoms with Crippen LogP contribution in [0.3, 0.4) is 0 Å². The molecule has 0 saturated heterocycles. The number of amides is 1.